The van der Waals surface area contributed by atoms with Crippen molar-refractivity contribution in [3.63, 3.8) is 0 Å². The highest BCUT2D eigenvalue weighted by Gasteiger charge is 2.17. The van der Waals surface area contributed by atoms with Crippen molar-refractivity contribution < 1.29 is 13.6 Å². The first-order valence-electron chi connectivity index (χ1n) is 9.25. The summed E-state index contributed by atoms with van der Waals surface area (Å²) in [6, 6.07) is 17.7. The zero-order valence-corrected chi connectivity index (χ0v) is 16.4. The Labute approximate surface area is 174 Å². The molecule has 0 radical (unpaired) electrons. The summed E-state index contributed by atoms with van der Waals surface area (Å²) in [7, 11) is 0. The molecule has 30 heavy (non-hydrogen) atoms. The van der Waals surface area contributed by atoms with E-state index in [1.54, 1.807) is 34.3 Å². The molecule has 0 atom stereocenters. The number of anilines is 1. The molecule has 0 saturated heterocycles. The lowest BCUT2D eigenvalue weighted by Crippen LogP contribution is -2.17. The number of nitrogens with zero attached hydrogens (tertiary/aromatic N) is 2. The number of carbonyl (C=O) groups is 1. The fourth-order valence-corrected chi connectivity index (χ4v) is 4.21. The van der Waals surface area contributed by atoms with Crippen LogP contribution < -0.4 is 5.32 Å². The Morgan fingerprint density at radius 3 is 2.73 bits per heavy atom. The van der Waals surface area contributed by atoms with E-state index in [1.165, 1.54) is 35.6 Å². The summed E-state index contributed by atoms with van der Waals surface area (Å²) in [5.41, 5.74) is 4.93. The van der Waals surface area contributed by atoms with Gasteiger partial charge in [0, 0.05) is 23.1 Å². The predicted molar refractivity (Wildman–Crippen MR) is 115 cm³/mol. The van der Waals surface area contributed by atoms with Gasteiger partial charge in [0.25, 0.3) is 5.91 Å². The summed E-state index contributed by atoms with van der Waals surface area (Å²) in [5, 5.41) is 3.49. The second kappa shape index (κ2) is 7.35. The lowest BCUT2D eigenvalue weighted by Gasteiger charge is -2.12. The minimum absolute atomic E-state index is 0.279. The lowest BCUT2D eigenvalue weighted by molar-refractivity contribution is 0.101. The normalized spacial score (nSPS) is 11.3. The first-order valence-corrected chi connectivity index (χ1v) is 10.1. The Kier molecular flexibility index (Phi) is 4.52. The molecule has 4 nitrogen and oxygen atoms in total. The van der Waals surface area contributed by atoms with Crippen LogP contribution in [0, 0.1) is 11.6 Å². The zero-order chi connectivity index (χ0) is 20.7. The van der Waals surface area contributed by atoms with Crippen molar-refractivity contribution in [2.24, 2.45) is 0 Å². The molecule has 0 spiro atoms. The summed E-state index contributed by atoms with van der Waals surface area (Å²) in [6.45, 7) is 0.279. The van der Waals surface area contributed by atoms with E-state index in [9.17, 15) is 13.6 Å². The van der Waals surface area contributed by atoms with E-state index in [0.29, 0.717) is 27.8 Å². The van der Waals surface area contributed by atoms with Crippen LogP contribution in [-0.2, 0) is 6.54 Å². The summed E-state index contributed by atoms with van der Waals surface area (Å²) in [4.78, 5) is 17.4. The number of amides is 1. The molecule has 0 bridgehead atoms. The van der Waals surface area contributed by atoms with Gasteiger partial charge in [-0.15, -0.1) is 11.3 Å². The molecule has 5 rings (SSSR count). The zero-order valence-electron chi connectivity index (χ0n) is 15.6. The highest BCUT2D eigenvalue weighted by molar-refractivity contribution is 7.16. The van der Waals surface area contributed by atoms with E-state index in [4.69, 9.17) is 0 Å². The van der Waals surface area contributed by atoms with Crippen molar-refractivity contribution in [2.45, 2.75) is 6.54 Å². The van der Waals surface area contributed by atoms with Crippen molar-refractivity contribution in [1.29, 1.82) is 0 Å². The molecule has 0 aliphatic heterocycles. The van der Waals surface area contributed by atoms with Crippen molar-refractivity contribution >= 4 is 44.1 Å². The third-order valence-electron chi connectivity index (χ3n) is 4.91. The van der Waals surface area contributed by atoms with Gasteiger partial charge in [-0.05, 0) is 60.2 Å². The number of hydrogen-bond donors (Lipinski definition) is 1. The molecule has 2 aromatic heterocycles. The van der Waals surface area contributed by atoms with Crippen molar-refractivity contribution in [3.05, 3.63) is 95.1 Å². The number of rotatable bonds is 4. The Bertz CT molecular complexity index is 1410. The number of hydrogen-bond acceptors (Lipinski definition) is 3. The van der Waals surface area contributed by atoms with E-state index in [-0.39, 0.29) is 24.1 Å². The van der Waals surface area contributed by atoms with Gasteiger partial charge in [-0.25, -0.2) is 13.8 Å². The van der Waals surface area contributed by atoms with Gasteiger partial charge in [-0.1, -0.05) is 12.1 Å². The average Bonchev–Trinajstić information content (AvgIpc) is 3.32. The second-order valence-electron chi connectivity index (χ2n) is 6.94. The van der Waals surface area contributed by atoms with Crippen LogP contribution >= 0.6 is 11.3 Å². The second-order valence-corrected chi connectivity index (χ2v) is 7.82. The molecule has 0 saturated carbocycles. The van der Waals surface area contributed by atoms with E-state index in [2.05, 4.69) is 10.3 Å². The molecule has 0 aliphatic rings. The molecule has 3 aromatic carbocycles. The van der Waals surface area contributed by atoms with Crippen LogP contribution in [0.5, 0.6) is 0 Å². The van der Waals surface area contributed by atoms with Gasteiger partial charge in [0.05, 0.1) is 15.7 Å². The molecule has 5 aromatic rings. The van der Waals surface area contributed by atoms with E-state index in [1.807, 2.05) is 18.2 Å². The maximum Gasteiger partial charge on any atom is 0.272 e. The SMILES string of the molecule is O=C(Nc1ccc2scnc2c1)c1cc2cc(F)ccc2n1Cc1cccc(F)c1. The minimum Gasteiger partial charge on any atom is -0.332 e. The molecule has 2 heterocycles. The van der Waals surface area contributed by atoms with Crippen molar-refractivity contribution in [3.8, 4) is 0 Å². The van der Waals surface area contributed by atoms with Crippen molar-refractivity contribution in [2.75, 3.05) is 5.32 Å². The maximum atomic E-state index is 13.8. The van der Waals surface area contributed by atoms with Crippen LogP contribution in [0.4, 0.5) is 14.5 Å². The van der Waals surface area contributed by atoms with Gasteiger partial charge in [-0.3, -0.25) is 4.79 Å². The fraction of sp³-hybridized carbons (Fsp3) is 0.0435. The summed E-state index contributed by atoms with van der Waals surface area (Å²) >= 11 is 1.53. The van der Waals surface area contributed by atoms with Crippen LogP contribution in [-0.4, -0.2) is 15.5 Å². The summed E-state index contributed by atoms with van der Waals surface area (Å²) < 4.78 is 30.2. The molecule has 0 unspecified atom stereocenters. The number of fused-ring (bicyclic) bond motifs is 2. The quantitative estimate of drug-likeness (QED) is 0.398. The number of carbonyl (C=O) groups excluding carboxylic acids is 1. The highest BCUT2D eigenvalue weighted by atomic mass is 32.1. The highest BCUT2D eigenvalue weighted by Crippen LogP contribution is 2.25. The third-order valence-corrected chi connectivity index (χ3v) is 5.72. The minimum atomic E-state index is -0.383. The van der Waals surface area contributed by atoms with Crippen molar-refractivity contribution in [1.82, 2.24) is 9.55 Å². The summed E-state index contributed by atoms with van der Waals surface area (Å²) in [5.74, 6) is -1.07. The molecular formula is C23H15F2N3OS. The fourth-order valence-electron chi connectivity index (χ4n) is 3.55. The molecule has 7 heteroatoms. The number of benzene rings is 3. The largest absolute Gasteiger partial charge is 0.332 e. The van der Waals surface area contributed by atoms with Crippen LogP contribution in [0.1, 0.15) is 16.1 Å². The first-order chi connectivity index (χ1) is 14.6. The molecule has 0 aliphatic carbocycles. The monoisotopic (exact) mass is 419 g/mol. The molecule has 0 fully saturated rings. The number of aromatic nitrogens is 2. The first kappa shape index (κ1) is 18.4. The van der Waals surface area contributed by atoms with E-state index < -0.39 is 0 Å². The van der Waals surface area contributed by atoms with Gasteiger partial charge in [-0.2, -0.15) is 0 Å². The van der Waals surface area contributed by atoms with Gasteiger partial charge < -0.3 is 9.88 Å². The lowest BCUT2D eigenvalue weighted by atomic mass is 10.2. The van der Waals surface area contributed by atoms with Gasteiger partial charge >= 0.3 is 0 Å². The molecule has 1 amide bonds. The number of halogens is 2. The predicted octanol–water partition coefficient (Wildman–Crippen LogP) is 5.83. The summed E-state index contributed by atoms with van der Waals surface area (Å²) in [6.07, 6.45) is 0. The third kappa shape index (κ3) is 3.44. The Morgan fingerprint density at radius 1 is 1.00 bits per heavy atom. The standard InChI is InChI=1S/C23H15F2N3OS/c24-16-3-1-2-14(8-16)12-28-20-6-4-17(25)9-15(20)10-21(28)23(29)27-18-5-7-22-19(11-18)26-13-30-22/h1-11,13H,12H2,(H,27,29). The van der Waals surface area contributed by atoms with E-state index in [0.717, 1.165) is 10.2 Å². The van der Waals surface area contributed by atoms with Crippen LogP contribution in [0.15, 0.2) is 72.2 Å². The van der Waals surface area contributed by atoms with Gasteiger partial charge in [0.1, 0.15) is 17.3 Å². The average molecular weight is 419 g/mol. The Balaban J connectivity index is 1.55. The van der Waals surface area contributed by atoms with Crippen LogP contribution in [0.2, 0.25) is 0 Å². The Morgan fingerprint density at radius 2 is 1.87 bits per heavy atom. The van der Waals surface area contributed by atoms with Gasteiger partial charge in [0.2, 0.25) is 0 Å². The van der Waals surface area contributed by atoms with Crippen LogP contribution in [0.25, 0.3) is 21.1 Å². The van der Waals surface area contributed by atoms with Gasteiger partial charge in [0.15, 0.2) is 0 Å². The molecular weight excluding hydrogens is 404 g/mol. The number of thiazole rings is 1. The number of nitrogens with one attached hydrogen (secondary N) is 1. The Hall–Kier alpha value is -3.58. The van der Waals surface area contributed by atoms with Crippen LogP contribution in [0.3, 0.4) is 0 Å². The van der Waals surface area contributed by atoms with E-state index >= 15 is 0 Å². The molecule has 148 valence electrons. The smallest absolute Gasteiger partial charge is 0.272 e. The maximum absolute atomic E-state index is 13.8. The molecule has 1 N–H and O–H groups in total. The topological polar surface area (TPSA) is 46.9 Å².